The molecule has 0 aliphatic carbocycles. The predicted molar refractivity (Wildman–Crippen MR) is 91.3 cm³/mol. The van der Waals surface area contributed by atoms with Crippen LogP contribution in [-0.2, 0) is 9.53 Å². The standard InChI is InChI=1S/C19H17NO4/c1-12-6-4-7-13(10-12)11-14-19(21)24-18(20-14)17-15(22-2)8-5-9-16(17)23-3/h4-11H,1-3H3/b14-11+. The Kier molecular flexibility index (Phi) is 4.33. The number of cyclic esters (lactones) is 1. The molecule has 1 aliphatic heterocycles. The molecule has 0 spiro atoms. The van der Waals surface area contributed by atoms with E-state index in [2.05, 4.69) is 4.99 Å². The second kappa shape index (κ2) is 6.58. The number of benzene rings is 2. The molecule has 0 saturated carbocycles. The summed E-state index contributed by atoms with van der Waals surface area (Å²) in [6, 6.07) is 13.1. The van der Waals surface area contributed by atoms with E-state index in [1.54, 1.807) is 38.5 Å². The molecular formula is C19H17NO4. The van der Waals surface area contributed by atoms with E-state index in [4.69, 9.17) is 14.2 Å². The summed E-state index contributed by atoms with van der Waals surface area (Å²) in [4.78, 5) is 16.5. The first-order chi connectivity index (χ1) is 11.6. The Balaban J connectivity index is 2.04. The van der Waals surface area contributed by atoms with Gasteiger partial charge in [-0.2, -0.15) is 0 Å². The lowest BCUT2D eigenvalue weighted by molar-refractivity contribution is -0.129. The van der Waals surface area contributed by atoms with Gasteiger partial charge in [0, 0.05) is 0 Å². The van der Waals surface area contributed by atoms with Crippen molar-refractivity contribution >= 4 is 17.9 Å². The first-order valence-electron chi connectivity index (χ1n) is 7.43. The SMILES string of the molecule is COc1cccc(OC)c1C1=N/C(=C/c2cccc(C)c2)C(=O)O1. The maximum atomic E-state index is 12.2. The summed E-state index contributed by atoms with van der Waals surface area (Å²) in [5, 5.41) is 0. The van der Waals surface area contributed by atoms with Crippen molar-refractivity contribution in [3.05, 3.63) is 64.9 Å². The van der Waals surface area contributed by atoms with Gasteiger partial charge in [0.15, 0.2) is 5.70 Å². The maximum Gasteiger partial charge on any atom is 0.363 e. The van der Waals surface area contributed by atoms with Gasteiger partial charge in [0.2, 0.25) is 5.90 Å². The second-order valence-corrected chi connectivity index (χ2v) is 5.29. The van der Waals surface area contributed by atoms with Crippen LogP contribution in [0.4, 0.5) is 0 Å². The van der Waals surface area contributed by atoms with Gasteiger partial charge in [0.05, 0.1) is 14.2 Å². The normalized spacial score (nSPS) is 15.2. The van der Waals surface area contributed by atoms with Crippen molar-refractivity contribution in [2.24, 2.45) is 4.99 Å². The molecular weight excluding hydrogens is 306 g/mol. The highest BCUT2D eigenvalue weighted by Gasteiger charge is 2.28. The van der Waals surface area contributed by atoms with Crippen LogP contribution >= 0.6 is 0 Å². The maximum absolute atomic E-state index is 12.2. The summed E-state index contributed by atoms with van der Waals surface area (Å²) in [6.45, 7) is 1.99. The zero-order chi connectivity index (χ0) is 17.1. The van der Waals surface area contributed by atoms with Crippen LogP contribution in [-0.4, -0.2) is 26.1 Å². The summed E-state index contributed by atoms with van der Waals surface area (Å²) in [7, 11) is 3.08. The first-order valence-corrected chi connectivity index (χ1v) is 7.43. The Morgan fingerprint density at radius 2 is 1.71 bits per heavy atom. The van der Waals surface area contributed by atoms with Crippen molar-refractivity contribution in [2.45, 2.75) is 6.92 Å². The fraction of sp³-hybridized carbons (Fsp3) is 0.158. The third-order valence-electron chi connectivity index (χ3n) is 3.61. The van der Waals surface area contributed by atoms with Crippen LogP contribution in [0.2, 0.25) is 0 Å². The molecule has 0 saturated heterocycles. The first kappa shape index (κ1) is 15.8. The molecule has 1 aliphatic rings. The number of carbonyl (C=O) groups is 1. The number of hydrogen-bond donors (Lipinski definition) is 0. The Morgan fingerprint density at radius 1 is 1.04 bits per heavy atom. The lowest BCUT2D eigenvalue weighted by atomic mass is 10.1. The molecule has 0 bridgehead atoms. The summed E-state index contributed by atoms with van der Waals surface area (Å²) in [5.74, 6) is 0.725. The number of aliphatic imine (C=N–C) groups is 1. The topological polar surface area (TPSA) is 57.1 Å². The summed E-state index contributed by atoms with van der Waals surface area (Å²) < 4.78 is 16.0. The van der Waals surface area contributed by atoms with Crippen molar-refractivity contribution in [2.75, 3.05) is 14.2 Å². The molecule has 0 N–H and O–H groups in total. The predicted octanol–water partition coefficient (Wildman–Crippen LogP) is 3.36. The molecule has 24 heavy (non-hydrogen) atoms. The van der Waals surface area contributed by atoms with Gasteiger partial charge in [-0.1, -0.05) is 35.9 Å². The van der Waals surface area contributed by atoms with Gasteiger partial charge in [-0.05, 0) is 30.7 Å². The minimum Gasteiger partial charge on any atom is -0.496 e. The lowest BCUT2D eigenvalue weighted by Gasteiger charge is -2.11. The van der Waals surface area contributed by atoms with Gasteiger partial charge in [-0.25, -0.2) is 9.79 Å². The minimum absolute atomic E-state index is 0.174. The average molecular weight is 323 g/mol. The molecule has 0 radical (unpaired) electrons. The molecule has 0 unspecified atom stereocenters. The monoisotopic (exact) mass is 323 g/mol. The molecule has 3 rings (SSSR count). The van der Waals surface area contributed by atoms with Gasteiger partial charge in [-0.15, -0.1) is 0 Å². The third-order valence-corrected chi connectivity index (χ3v) is 3.61. The summed E-state index contributed by atoms with van der Waals surface area (Å²) in [6.07, 6.45) is 1.70. The fourth-order valence-corrected chi connectivity index (χ4v) is 2.50. The number of rotatable bonds is 4. The molecule has 5 heteroatoms. The molecule has 1 heterocycles. The second-order valence-electron chi connectivity index (χ2n) is 5.29. The summed E-state index contributed by atoms with van der Waals surface area (Å²) in [5.41, 5.74) is 2.75. The van der Waals surface area contributed by atoms with Crippen molar-refractivity contribution < 1.29 is 19.0 Å². The number of aryl methyl sites for hydroxylation is 1. The van der Waals surface area contributed by atoms with Crippen LogP contribution in [0.15, 0.2) is 53.2 Å². The number of hydrogen-bond acceptors (Lipinski definition) is 5. The van der Waals surface area contributed by atoms with Crippen LogP contribution in [0.1, 0.15) is 16.7 Å². The average Bonchev–Trinajstić information content (AvgIpc) is 2.94. The van der Waals surface area contributed by atoms with E-state index in [1.807, 2.05) is 31.2 Å². The summed E-state index contributed by atoms with van der Waals surface area (Å²) >= 11 is 0. The van der Waals surface area contributed by atoms with E-state index in [0.29, 0.717) is 17.1 Å². The van der Waals surface area contributed by atoms with E-state index in [1.165, 1.54) is 0 Å². The van der Waals surface area contributed by atoms with E-state index in [0.717, 1.165) is 11.1 Å². The molecule has 0 fully saturated rings. The highest BCUT2D eigenvalue weighted by atomic mass is 16.6. The molecule has 0 aromatic heterocycles. The molecule has 2 aromatic carbocycles. The minimum atomic E-state index is -0.500. The van der Waals surface area contributed by atoms with Gasteiger partial charge < -0.3 is 14.2 Å². The van der Waals surface area contributed by atoms with E-state index in [-0.39, 0.29) is 11.6 Å². The van der Waals surface area contributed by atoms with E-state index >= 15 is 0 Å². The largest absolute Gasteiger partial charge is 0.496 e. The van der Waals surface area contributed by atoms with Crippen molar-refractivity contribution in [3.63, 3.8) is 0 Å². The van der Waals surface area contributed by atoms with Gasteiger partial charge in [-0.3, -0.25) is 0 Å². The Morgan fingerprint density at radius 3 is 2.33 bits per heavy atom. The number of esters is 1. The van der Waals surface area contributed by atoms with Crippen LogP contribution in [0.25, 0.3) is 6.08 Å². The van der Waals surface area contributed by atoms with Crippen LogP contribution in [0.3, 0.4) is 0 Å². The van der Waals surface area contributed by atoms with Gasteiger partial charge in [0.1, 0.15) is 17.1 Å². The number of methoxy groups -OCH3 is 2. The third kappa shape index (κ3) is 3.01. The number of ether oxygens (including phenoxy) is 3. The smallest absolute Gasteiger partial charge is 0.363 e. The zero-order valence-electron chi connectivity index (χ0n) is 13.7. The zero-order valence-corrected chi connectivity index (χ0v) is 13.7. The fourth-order valence-electron chi connectivity index (χ4n) is 2.50. The highest BCUT2D eigenvalue weighted by Crippen LogP contribution is 2.32. The van der Waals surface area contributed by atoms with Crippen LogP contribution < -0.4 is 9.47 Å². The van der Waals surface area contributed by atoms with Crippen LogP contribution in [0, 0.1) is 6.92 Å². The number of nitrogens with zero attached hydrogens (tertiary/aromatic N) is 1. The Bertz CT molecular complexity index is 830. The molecule has 2 aromatic rings. The Labute approximate surface area is 140 Å². The van der Waals surface area contributed by atoms with E-state index < -0.39 is 5.97 Å². The highest BCUT2D eigenvalue weighted by molar-refractivity contribution is 6.14. The van der Waals surface area contributed by atoms with E-state index in [9.17, 15) is 4.79 Å². The lowest BCUT2D eigenvalue weighted by Crippen LogP contribution is -2.08. The molecule has 0 amide bonds. The van der Waals surface area contributed by atoms with Crippen molar-refractivity contribution in [1.82, 2.24) is 0 Å². The van der Waals surface area contributed by atoms with Crippen LogP contribution in [0.5, 0.6) is 11.5 Å². The van der Waals surface area contributed by atoms with Crippen molar-refractivity contribution in [3.8, 4) is 11.5 Å². The van der Waals surface area contributed by atoms with Gasteiger partial charge in [0.25, 0.3) is 0 Å². The van der Waals surface area contributed by atoms with Gasteiger partial charge >= 0.3 is 5.97 Å². The van der Waals surface area contributed by atoms with Crippen molar-refractivity contribution in [1.29, 1.82) is 0 Å². The molecule has 0 atom stereocenters. The number of carbonyl (C=O) groups excluding carboxylic acids is 1. The Hall–Kier alpha value is -3.08. The molecule has 5 nitrogen and oxygen atoms in total. The quantitative estimate of drug-likeness (QED) is 0.639. The molecule has 122 valence electrons.